The molecule has 1 aliphatic rings. The van der Waals surface area contributed by atoms with Gasteiger partial charge >= 0.3 is 13.5 Å². The van der Waals surface area contributed by atoms with Gasteiger partial charge in [0.25, 0.3) is 0 Å². The molecule has 0 radical (unpaired) electrons. The van der Waals surface area contributed by atoms with Gasteiger partial charge in [0.1, 0.15) is 12.0 Å². The third-order valence-electron chi connectivity index (χ3n) is 8.54. The van der Waals surface area contributed by atoms with Crippen molar-refractivity contribution < 1.29 is 27.7 Å². The van der Waals surface area contributed by atoms with E-state index < -0.39 is 19.7 Å². The summed E-state index contributed by atoms with van der Waals surface area (Å²) in [5, 5.41) is 2.73. The molecule has 286 valence electrons. The Morgan fingerprint density at radius 1 is 0.804 bits per heavy atom. The highest BCUT2D eigenvalue weighted by Crippen LogP contribution is 2.49. The van der Waals surface area contributed by atoms with Crippen molar-refractivity contribution in [1.82, 2.24) is 9.55 Å². The number of carbonyl (C=O) groups excluding carboxylic acids is 1. The summed E-state index contributed by atoms with van der Waals surface area (Å²) in [7, 11) is -3.64. The van der Waals surface area contributed by atoms with E-state index in [1.165, 1.54) is 26.9 Å². The van der Waals surface area contributed by atoms with Crippen LogP contribution in [0.15, 0.2) is 75.3 Å². The zero-order valence-corrected chi connectivity index (χ0v) is 33.4. The Hall–Kier alpha value is -2.88. The summed E-state index contributed by atoms with van der Waals surface area (Å²) in [6, 6.07) is 1.59. The fraction of sp³-hybridized carbons (Fsp3) is 0.625. The Labute approximate surface area is 307 Å². The number of carbonyl (C=O) groups is 1. The van der Waals surface area contributed by atoms with Crippen molar-refractivity contribution in [2.24, 2.45) is 0 Å². The van der Waals surface area contributed by atoms with Gasteiger partial charge in [-0.25, -0.2) is 9.36 Å². The first-order chi connectivity index (χ1) is 24.3. The largest absolute Gasteiger partial charge is 0.474 e. The van der Waals surface area contributed by atoms with Crippen LogP contribution in [0, 0.1) is 0 Å². The predicted octanol–water partition coefficient (Wildman–Crippen LogP) is 10.7. The van der Waals surface area contributed by atoms with Crippen molar-refractivity contribution in [2.75, 3.05) is 25.1 Å². The fourth-order valence-electron chi connectivity index (χ4n) is 5.58. The second kappa shape index (κ2) is 24.4. The van der Waals surface area contributed by atoms with E-state index in [2.05, 4.69) is 75.3 Å². The van der Waals surface area contributed by atoms with E-state index in [-0.39, 0.29) is 37.6 Å². The first-order valence-electron chi connectivity index (χ1n) is 18.7. The molecule has 1 N–H and O–H groups in total. The number of unbranched alkanes of at least 4 members (excludes halogenated alkanes) is 1. The average molecular weight is 730 g/mol. The Balaban J connectivity index is 1.68. The van der Waals surface area contributed by atoms with Crippen LogP contribution in [0.5, 0.6) is 0 Å². The average Bonchev–Trinajstić information content (AvgIpc) is 3.54. The quantitative estimate of drug-likeness (QED) is 0.0635. The Kier molecular flexibility index (Phi) is 21.2. The second-order valence-corrected chi connectivity index (χ2v) is 15.3. The second-order valence-electron chi connectivity index (χ2n) is 13.6. The van der Waals surface area contributed by atoms with Crippen molar-refractivity contribution in [3.05, 3.63) is 81.0 Å². The van der Waals surface area contributed by atoms with Gasteiger partial charge in [0.05, 0.1) is 25.9 Å². The van der Waals surface area contributed by atoms with Gasteiger partial charge in [0.2, 0.25) is 5.91 Å². The molecule has 1 amide bonds. The van der Waals surface area contributed by atoms with Crippen molar-refractivity contribution in [3.8, 4) is 0 Å². The van der Waals surface area contributed by atoms with Crippen LogP contribution in [0.2, 0.25) is 0 Å². The molecule has 2 rings (SSSR count). The molecule has 1 fully saturated rings. The summed E-state index contributed by atoms with van der Waals surface area (Å²) in [6.07, 6.45) is 23.0. The minimum atomic E-state index is -3.64. The van der Waals surface area contributed by atoms with Crippen molar-refractivity contribution in [3.63, 3.8) is 0 Å². The van der Waals surface area contributed by atoms with Crippen LogP contribution in [0.25, 0.3) is 0 Å². The monoisotopic (exact) mass is 729 g/mol. The van der Waals surface area contributed by atoms with Gasteiger partial charge in [0, 0.05) is 12.6 Å². The van der Waals surface area contributed by atoms with E-state index in [0.29, 0.717) is 25.7 Å². The number of nitrogens with one attached hydrogen (secondary N) is 1. The van der Waals surface area contributed by atoms with Crippen LogP contribution in [0.4, 0.5) is 5.82 Å². The van der Waals surface area contributed by atoms with Gasteiger partial charge in [-0.05, 0) is 132 Å². The molecular formula is C40H64N3O7P. The molecule has 1 saturated heterocycles. The molecule has 1 aromatic heterocycles. The molecule has 1 aliphatic heterocycles. The van der Waals surface area contributed by atoms with Gasteiger partial charge in [-0.15, -0.1) is 0 Å². The summed E-state index contributed by atoms with van der Waals surface area (Å²) >= 11 is 0. The first-order valence-corrected chi connectivity index (χ1v) is 20.1. The number of hydrogen-bond acceptors (Lipinski definition) is 8. The molecular weight excluding hydrogens is 665 g/mol. The van der Waals surface area contributed by atoms with E-state index in [1.807, 2.05) is 6.92 Å². The third-order valence-corrected chi connectivity index (χ3v) is 10.2. The number of hydrogen-bond donors (Lipinski definition) is 1. The number of amides is 1. The number of nitrogens with zero attached hydrogens (tertiary/aromatic N) is 2. The molecule has 10 nitrogen and oxygen atoms in total. The van der Waals surface area contributed by atoms with Crippen LogP contribution in [0.1, 0.15) is 139 Å². The zero-order chi connectivity index (χ0) is 37.6. The predicted molar refractivity (Wildman–Crippen MR) is 208 cm³/mol. The number of anilines is 1. The zero-order valence-electron chi connectivity index (χ0n) is 32.5. The van der Waals surface area contributed by atoms with Crippen molar-refractivity contribution in [2.45, 2.75) is 145 Å². The Morgan fingerprint density at radius 2 is 1.33 bits per heavy atom. The lowest BCUT2D eigenvalue weighted by Gasteiger charge is -2.19. The van der Waals surface area contributed by atoms with E-state index in [1.54, 1.807) is 26.1 Å². The van der Waals surface area contributed by atoms with E-state index in [9.17, 15) is 14.2 Å². The molecule has 2 heterocycles. The normalized spacial score (nSPS) is 17.6. The smallest absolute Gasteiger partial charge is 0.352 e. The molecule has 51 heavy (non-hydrogen) atoms. The number of rotatable bonds is 24. The van der Waals surface area contributed by atoms with Gasteiger partial charge in [-0.1, -0.05) is 58.2 Å². The number of phosphoric acid groups is 1. The van der Waals surface area contributed by atoms with E-state index in [0.717, 1.165) is 56.9 Å². The number of ether oxygens (including phenoxy) is 1. The van der Waals surface area contributed by atoms with Gasteiger partial charge < -0.3 is 10.1 Å². The molecule has 0 saturated carbocycles. The minimum Gasteiger partial charge on any atom is -0.352 e. The summed E-state index contributed by atoms with van der Waals surface area (Å²) in [5.74, 6) is 0.0124. The highest BCUT2D eigenvalue weighted by Gasteiger charge is 2.32. The molecule has 11 heteroatoms. The topological polar surface area (TPSA) is 118 Å². The van der Waals surface area contributed by atoms with Crippen LogP contribution >= 0.6 is 7.82 Å². The molecule has 0 aromatic carbocycles. The summed E-state index contributed by atoms with van der Waals surface area (Å²) in [6.45, 7) is 16.8. The molecule has 0 bridgehead atoms. The van der Waals surface area contributed by atoms with E-state index in [4.69, 9.17) is 18.3 Å². The molecule has 1 aromatic rings. The molecule has 0 spiro atoms. The fourth-order valence-corrected chi connectivity index (χ4v) is 6.79. The summed E-state index contributed by atoms with van der Waals surface area (Å²) < 4.78 is 35.6. The first kappa shape index (κ1) is 44.3. The van der Waals surface area contributed by atoms with Crippen LogP contribution in [0.3, 0.4) is 0 Å². The number of phosphoric ester groups is 1. The van der Waals surface area contributed by atoms with Gasteiger partial charge in [-0.2, -0.15) is 4.98 Å². The maximum absolute atomic E-state index is 12.7. The van der Waals surface area contributed by atoms with Crippen molar-refractivity contribution >= 4 is 19.5 Å². The third kappa shape index (κ3) is 19.0. The maximum Gasteiger partial charge on any atom is 0.474 e. The lowest BCUT2D eigenvalue weighted by atomic mass is 10.0. The molecule has 0 aliphatic carbocycles. The summed E-state index contributed by atoms with van der Waals surface area (Å²) in [4.78, 5) is 29.4. The Morgan fingerprint density at radius 3 is 1.86 bits per heavy atom. The van der Waals surface area contributed by atoms with Gasteiger partial charge in [0.15, 0.2) is 0 Å². The molecule has 2 atom stereocenters. The lowest BCUT2D eigenvalue weighted by molar-refractivity contribution is -0.116. The summed E-state index contributed by atoms with van der Waals surface area (Å²) in [5.41, 5.74) is 6.36. The van der Waals surface area contributed by atoms with Crippen LogP contribution < -0.4 is 11.0 Å². The highest BCUT2D eigenvalue weighted by molar-refractivity contribution is 7.48. The molecule has 0 unspecified atom stereocenters. The Bertz CT molecular complexity index is 1480. The van der Waals surface area contributed by atoms with Crippen LogP contribution in [-0.2, 0) is 27.7 Å². The van der Waals surface area contributed by atoms with Crippen LogP contribution in [-0.4, -0.2) is 41.4 Å². The minimum absolute atomic E-state index is 0.0161. The van der Waals surface area contributed by atoms with E-state index >= 15 is 0 Å². The lowest BCUT2D eigenvalue weighted by Crippen LogP contribution is -2.28. The number of aromatic nitrogens is 2. The standard InChI is InChI=1S/C40H64N3O7P/c1-9-47-51(46,48-10-2)49-30-36-25-27-39(50-36)43-29-28-37(42-40(43)45)41-38(44)26-24-35(8)23-15-21-33(6)18-12-11-17-32(5)20-14-22-34(7)19-13-16-31(3)4/h16-18,22-23,28-29,36,39H,9-15,19-21,24-27,30H2,1-8H3,(H,41,42,44,45)/b32-17+,33-18+,34-22+,35-23+/t36-,39+/m0/s1. The van der Waals surface area contributed by atoms with Gasteiger partial charge in [-0.3, -0.25) is 22.9 Å². The SMILES string of the molecule is CCOP(=O)(OCC)OC[C@@H]1CC[C@H](n2ccc(NC(=O)CC/C(C)=C/CC/C(C)=C/CC/C=C(\C)CC/C=C(\C)CCC=C(C)C)nc2=O)O1. The number of allylic oxidation sites excluding steroid dienone is 10. The van der Waals surface area contributed by atoms with Crippen molar-refractivity contribution in [1.29, 1.82) is 0 Å². The maximum atomic E-state index is 12.7. The highest BCUT2D eigenvalue weighted by atomic mass is 31.2.